The maximum atomic E-state index is 11.4. The molecule has 114 valence electrons. The number of rotatable bonds is 2. The SMILES string of the molecule is COc1c(-c2ncc3[nH]c(=O)ccc3n2)ccc2[nH]c(C)cc12. The monoisotopic (exact) mass is 306 g/mol. The van der Waals surface area contributed by atoms with Crippen molar-refractivity contribution >= 4 is 21.9 Å². The Hall–Kier alpha value is -3.15. The Kier molecular flexibility index (Phi) is 2.90. The third-order valence-electron chi connectivity index (χ3n) is 3.80. The molecule has 0 aliphatic heterocycles. The molecule has 3 aromatic heterocycles. The zero-order valence-electron chi connectivity index (χ0n) is 12.7. The minimum atomic E-state index is -0.171. The second-order valence-electron chi connectivity index (χ2n) is 5.38. The number of H-pyrrole nitrogens is 2. The summed E-state index contributed by atoms with van der Waals surface area (Å²) in [7, 11) is 1.64. The molecule has 0 saturated heterocycles. The van der Waals surface area contributed by atoms with Gasteiger partial charge in [0.15, 0.2) is 5.82 Å². The quantitative estimate of drug-likeness (QED) is 0.596. The van der Waals surface area contributed by atoms with E-state index in [1.54, 1.807) is 19.4 Å². The van der Waals surface area contributed by atoms with Gasteiger partial charge in [-0.1, -0.05) is 0 Å². The van der Waals surface area contributed by atoms with Gasteiger partial charge in [-0.2, -0.15) is 0 Å². The van der Waals surface area contributed by atoms with Gasteiger partial charge in [-0.05, 0) is 31.2 Å². The van der Waals surface area contributed by atoms with Gasteiger partial charge >= 0.3 is 0 Å². The highest BCUT2D eigenvalue weighted by atomic mass is 16.5. The molecule has 4 aromatic rings. The van der Waals surface area contributed by atoms with E-state index in [4.69, 9.17) is 4.74 Å². The van der Waals surface area contributed by atoms with Gasteiger partial charge in [-0.15, -0.1) is 0 Å². The maximum absolute atomic E-state index is 11.4. The molecule has 0 aliphatic carbocycles. The molecule has 0 fully saturated rings. The predicted molar refractivity (Wildman–Crippen MR) is 88.7 cm³/mol. The third-order valence-corrected chi connectivity index (χ3v) is 3.80. The highest BCUT2D eigenvalue weighted by Crippen LogP contribution is 2.35. The molecule has 0 radical (unpaired) electrons. The van der Waals surface area contributed by atoms with Crippen LogP contribution in [0.3, 0.4) is 0 Å². The van der Waals surface area contributed by atoms with Crippen LogP contribution >= 0.6 is 0 Å². The Morgan fingerprint density at radius 2 is 1.96 bits per heavy atom. The molecule has 4 rings (SSSR count). The Morgan fingerprint density at radius 1 is 1.09 bits per heavy atom. The van der Waals surface area contributed by atoms with Crippen LogP contribution in [0, 0.1) is 6.92 Å². The average molecular weight is 306 g/mol. The molecule has 2 N–H and O–H groups in total. The van der Waals surface area contributed by atoms with Crippen molar-refractivity contribution in [2.45, 2.75) is 6.92 Å². The second-order valence-corrected chi connectivity index (χ2v) is 5.38. The molecule has 0 unspecified atom stereocenters. The molecule has 23 heavy (non-hydrogen) atoms. The molecular formula is C17H14N4O2. The van der Waals surface area contributed by atoms with E-state index in [9.17, 15) is 4.79 Å². The Morgan fingerprint density at radius 3 is 2.78 bits per heavy atom. The number of aryl methyl sites for hydroxylation is 1. The fraction of sp³-hybridized carbons (Fsp3) is 0.118. The maximum Gasteiger partial charge on any atom is 0.248 e. The van der Waals surface area contributed by atoms with E-state index in [1.165, 1.54) is 6.07 Å². The van der Waals surface area contributed by atoms with E-state index in [1.807, 2.05) is 25.1 Å². The first-order valence-electron chi connectivity index (χ1n) is 7.18. The molecule has 0 atom stereocenters. The van der Waals surface area contributed by atoms with Crippen LogP contribution in [-0.2, 0) is 0 Å². The molecular weight excluding hydrogens is 292 g/mol. The number of ether oxygens (including phenoxy) is 1. The number of hydrogen-bond donors (Lipinski definition) is 2. The first-order valence-corrected chi connectivity index (χ1v) is 7.18. The highest BCUT2D eigenvalue weighted by Gasteiger charge is 2.14. The van der Waals surface area contributed by atoms with Gasteiger partial charge < -0.3 is 14.7 Å². The van der Waals surface area contributed by atoms with Crippen LogP contribution in [0.2, 0.25) is 0 Å². The number of benzene rings is 1. The summed E-state index contributed by atoms with van der Waals surface area (Å²) in [5, 5.41) is 0.993. The van der Waals surface area contributed by atoms with Crippen molar-refractivity contribution in [3.63, 3.8) is 0 Å². The van der Waals surface area contributed by atoms with Crippen LogP contribution in [0.5, 0.6) is 5.75 Å². The average Bonchev–Trinajstić information content (AvgIpc) is 2.93. The minimum absolute atomic E-state index is 0.171. The topological polar surface area (TPSA) is 83.7 Å². The molecule has 0 aliphatic rings. The van der Waals surface area contributed by atoms with Crippen molar-refractivity contribution in [3.05, 3.63) is 52.6 Å². The van der Waals surface area contributed by atoms with Gasteiger partial charge in [0, 0.05) is 22.7 Å². The van der Waals surface area contributed by atoms with Gasteiger partial charge in [0.1, 0.15) is 5.75 Å². The van der Waals surface area contributed by atoms with Crippen LogP contribution < -0.4 is 10.3 Å². The van der Waals surface area contributed by atoms with Crippen molar-refractivity contribution in [2.24, 2.45) is 0 Å². The van der Waals surface area contributed by atoms with Crippen molar-refractivity contribution in [3.8, 4) is 17.1 Å². The minimum Gasteiger partial charge on any atom is -0.495 e. The van der Waals surface area contributed by atoms with E-state index in [0.717, 1.165) is 27.9 Å². The number of nitrogens with zero attached hydrogens (tertiary/aromatic N) is 2. The number of pyridine rings is 1. The Balaban J connectivity index is 1.97. The lowest BCUT2D eigenvalue weighted by atomic mass is 10.1. The highest BCUT2D eigenvalue weighted by molar-refractivity contribution is 5.93. The van der Waals surface area contributed by atoms with Crippen molar-refractivity contribution in [1.29, 1.82) is 0 Å². The predicted octanol–water partition coefficient (Wildman–Crippen LogP) is 2.78. The number of nitrogens with one attached hydrogen (secondary N) is 2. The fourth-order valence-electron chi connectivity index (χ4n) is 2.79. The van der Waals surface area contributed by atoms with Gasteiger partial charge in [-0.25, -0.2) is 9.97 Å². The second kappa shape index (κ2) is 4.95. The number of fused-ring (bicyclic) bond motifs is 2. The smallest absolute Gasteiger partial charge is 0.248 e. The standard InChI is InChI=1S/C17H14N4O2/c1-9-7-11-12(19-9)4-3-10(16(11)23-2)17-18-8-14-13(21-17)5-6-15(22)20-14/h3-8,19H,1-2H3,(H,20,22). The van der Waals surface area contributed by atoms with E-state index in [2.05, 4.69) is 19.9 Å². The summed E-state index contributed by atoms with van der Waals surface area (Å²) in [6, 6.07) is 9.10. The molecule has 0 spiro atoms. The first-order chi connectivity index (χ1) is 11.2. The van der Waals surface area contributed by atoms with Gasteiger partial charge in [0.25, 0.3) is 0 Å². The summed E-state index contributed by atoms with van der Waals surface area (Å²) in [5.41, 5.74) is 4.00. The molecule has 3 heterocycles. The van der Waals surface area contributed by atoms with Crippen LogP contribution in [0.1, 0.15) is 5.69 Å². The molecule has 0 bridgehead atoms. The van der Waals surface area contributed by atoms with E-state index in [-0.39, 0.29) is 5.56 Å². The molecule has 6 nitrogen and oxygen atoms in total. The van der Waals surface area contributed by atoms with Gasteiger partial charge in [0.05, 0.1) is 29.9 Å². The van der Waals surface area contributed by atoms with E-state index in [0.29, 0.717) is 16.9 Å². The molecule has 0 amide bonds. The molecule has 1 aromatic carbocycles. The lowest BCUT2D eigenvalue weighted by Gasteiger charge is -2.09. The number of aromatic amines is 2. The van der Waals surface area contributed by atoms with Crippen LogP contribution in [0.4, 0.5) is 0 Å². The zero-order chi connectivity index (χ0) is 16.0. The van der Waals surface area contributed by atoms with Crippen LogP contribution in [0.25, 0.3) is 33.3 Å². The number of aromatic nitrogens is 4. The van der Waals surface area contributed by atoms with Crippen molar-refractivity contribution in [2.75, 3.05) is 7.11 Å². The van der Waals surface area contributed by atoms with E-state index >= 15 is 0 Å². The Bertz CT molecular complexity index is 1090. The normalized spacial score (nSPS) is 11.2. The lowest BCUT2D eigenvalue weighted by molar-refractivity contribution is 0.421. The van der Waals surface area contributed by atoms with Crippen molar-refractivity contribution < 1.29 is 4.74 Å². The van der Waals surface area contributed by atoms with Gasteiger partial charge in [-0.3, -0.25) is 4.79 Å². The lowest BCUT2D eigenvalue weighted by Crippen LogP contribution is -2.04. The molecule has 0 saturated carbocycles. The van der Waals surface area contributed by atoms with Crippen molar-refractivity contribution in [1.82, 2.24) is 19.9 Å². The summed E-state index contributed by atoms with van der Waals surface area (Å²) < 4.78 is 5.60. The van der Waals surface area contributed by atoms with Crippen LogP contribution in [-0.4, -0.2) is 27.0 Å². The number of methoxy groups -OCH3 is 1. The largest absolute Gasteiger partial charge is 0.495 e. The summed E-state index contributed by atoms with van der Waals surface area (Å²) in [4.78, 5) is 26.3. The fourth-order valence-corrected chi connectivity index (χ4v) is 2.79. The summed E-state index contributed by atoms with van der Waals surface area (Å²) in [6.07, 6.45) is 1.62. The number of hydrogen-bond acceptors (Lipinski definition) is 4. The first kappa shape index (κ1) is 13.5. The van der Waals surface area contributed by atoms with E-state index < -0.39 is 0 Å². The van der Waals surface area contributed by atoms with Gasteiger partial charge in [0.2, 0.25) is 5.56 Å². The van der Waals surface area contributed by atoms with Crippen LogP contribution in [0.15, 0.2) is 41.3 Å². The summed E-state index contributed by atoms with van der Waals surface area (Å²) >= 11 is 0. The Labute approximate surface area is 131 Å². The molecule has 6 heteroatoms. The summed E-state index contributed by atoms with van der Waals surface area (Å²) in [6.45, 7) is 2.00. The summed E-state index contributed by atoms with van der Waals surface area (Å²) in [5.74, 6) is 1.29. The zero-order valence-corrected chi connectivity index (χ0v) is 12.7. The third kappa shape index (κ3) is 2.15.